The van der Waals surface area contributed by atoms with E-state index in [9.17, 15) is 9.18 Å². The Kier molecular flexibility index (Phi) is 5.81. The summed E-state index contributed by atoms with van der Waals surface area (Å²) in [5.74, 6) is -0.946. The molecule has 0 aliphatic rings. The van der Waals surface area contributed by atoms with Crippen molar-refractivity contribution in [2.24, 2.45) is 7.05 Å². The van der Waals surface area contributed by atoms with Gasteiger partial charge in [0.15, 0.2) is 5.65 Å². The lowest BCUT2D eigenvalue weighted by Crippen LogP contribution is -2.17. The van der Waals surface area contributed by atoms with Crippen molar-refractivity contribution in [3.63, 3.8) is 0 Å². The van der Waals surface area contributed by atoms with E-state index in [0.717, 1.165) is 4.47 Å². The summed E-state index contributed by atoms with van der Waals surface area (Å²) in [6, 6.07) is 7.76. The van der Waals surface area contributed by atoms with Crippen molar-refractivity contribution in [1.82, 2.24) is 19.7 Å². The Morgan fingerprint density at radius 1 is 1.23 bits per heavy atom. The molecule has 0 saturated heterocycles. The number of hydrogen-bond donors (Lipinski definition) is 2. The number of halogens is 2. The van der Waals surface area contributed by atoms with Gasteiger partial charge in [-0.1, -0.05) is 6.07 Å². The summed E-state index contributed by atoms with van der Waals surface area (Å²) >= 11 is 3.41. The van der Waals surface area contributed by atoms with Crippen LogP contribution in [0.4, 0.5) is 15.8 Å². The number of pyridine rings is 2. The molecule has 31 heavy (non-hydrogen) atoms. The minimum absolute atomic E-state index is 0.191. The van der Waals surface area contributed by atoms with Crippen LogP contribution in [0.3, 0.4) is 0 Å². The van der Waals surface area contributed by atoms with Crippen LogP contribution in [0.5, 0.6) is 0 Å². The SMILES string of the molecule is CCOC(=O)c1c(-c2cncc(Br)c2)nc2c(cnn2C)c1NNc1cccc(F)c1. The molecule has 0 amide bonds. The number of esters is 1. The lowest BCUT2D eigenvalue weighted by molar-refractivity contribution is 0.0528. The van der Waals surface area contributed by atoms with Gasteiger partial charge < -0.3 is 10.2 Å². The summed E-state index contributed by atoms with van der Waals surface area (Å²) in [4.78, 5) is 21.9. The summed E-state index contributed by atoms with van der Waals surface area (Å²) in [5, 5.41) is 4.87. The minimum Gasteiger partial charge on any atom is -0.462 e. The van der Waals surface area contributed by atoms with Gasteiger partial charge in [0.1, 0.15) is 11.4 Å². The Labute approximate surface area is 185 Å². The van der Waals surface area contributed by atoms with Crippen molar-refractivity contribution in [3.05, 3.63) is 64.8 Å². The van der Waals surface area contributed by atoms with E-state index in [1.54, 1.807) is 49.4 Å². The molecule has 0 aliphatic carbocycles. The number of aromatic nitrogens is 4. The van der Waals surface area contributed by atoms with Gasteiger partial charge in [0.25, 0.3) is 0 Å². The Bertz CT molecular complexity index is 1280. The van der Waals surface area contributed by atoms with E-state index in [1.807, 2.05) is 6.07 Å². The van der Waals surface area contributed by atoms with Crippen LogP contribution in [0, 0.1) is 5.82 Å². The van der Waals surface area contributed by atoms with E-state index in [2.05, 4.69) is 36.9 Å². The molecule has 0 aliphatic heterocycles. The quantitative estimate of drug-likeness (QED) is 0.306. The molecule has 0 saturated carbocycles. The van der Waals surface area contributed by atoms with Crippen molar-refractivity contribution in [1.29, 1.82) is 0 Å². The normalized spacial score (nSPS) is 10.8. The molecule has 3 aromatic heterocycles. The number of hydrogen-bond acceptors (Lipinski definition) is 7. The van der Waals surface area contributed by atoms with Crippen molar-refractivity contribution in [2.45, 2.75) is 6.92 Å². The molecule has 0 fully saturated rings. The number of hydrazine groups is 1. The number of carbonyl (C=O) groups is 1. The van der Waals surface area contributed by atoms with Crippen molar-refractivity contribution < 1.29 is 13.9 Å². The van der Waals surface area contributed by atoms with Gasteiger partial charge in [-0.2, -0.15) is 5.10 Å². The van der Waals surface area contributed by atoms with Gasteiger partial charge >= 0.3 is 5.97 Å². The van der Waals surface area contributed by atoms with E-state index in [0.29, 0.717) is 33.7 Å². The van der Waals surface area contributed by atoms with Gasteiger partial charge in [0, 0.05) is 29.5 Å². The molecule has 0 bridgehead atoms. The second-order valence-corrected chi connectivity index (χ2v) is 7.50. The number of rotatable bonds is 6. The van der Waals surface area contributed by atoms with E-state index in [-0.39, 0.29) is 18.0 Å². The predicted octanol–water partition coefficient (Wildman–Crippen LogP) is 4.55. The molecule has 8 nitrogen and oxygen atoms in total. The Morgan fingerprint density at radius 3 is 2.81 bits per heavy atom. The zero-order valence-corrected chi connectivity index (χ0v) is 18.3. The van der Waals surface area contributed by atoms with Crippen LogP contribution in [0.25, 0.3) is 22.3 Å². The molecule has 0 radical (unpaired) electrons. The number of benzene rings is 1. The van der Waals surface area contributed by atoms with E-state index < -0.39 is 5.97 Å². The largest absolute Gasteiger partial charge is 0.462 e. The summed E-state index contributed by atoms with van der Waals surface area (Å²) in [5.41, 5.74) is 8.63. The Hall–Kier alpha value is -3.53. The number of aryl methyl sites for hydroxylation is 1. The number of carbonyl (C=O) groups excluding carboxylic acids is 1. The lowest BCUT2D eigenvalue weighted by Gasteiger charge is -2.17. The topological polar surface area (TPSA) is 94.0 Å². The Morgan fingerprint density at radius 2 is 2.06 bits per heavy atom. The maximum Gasteiger partial charge on any atom is 0.342 e. The third-order valence-corrected chi connectivity index (χ3v) is 4.93. The van der Waals surface area contributed by atoms with Gasteiger partial charge in [-0.25, -0.2) is 14.2 Å². The molecule has 158 valence electrons. The first-order valence-corrected chi connectivity index (χ1v) is 10.2. The molecule has 4 aromatic rings. The molecule has 10 heteroatoms. The fourth-order valence-corrected chi connectivity index (χ4v) is 3.50. The zero-order chi connectivity index (χ0) is 22.0. The highest BCUT2D eigenvalue weighted by Gasteiger charge is 2.25. The third-order valence-electron chi connectivity index (χ3n) is 4.50. The third kappa shape index (κ3) is 4.19. The van der Waals surface area contributed by atoms with Gasteiger partial charge in [0.2, 0.25) is 0 Å². The molecular weight excluding hydrogens is 467 g/mol. The number of nitrogens with zero attached hydrogens (tertiary/aromatic N) is 4. The monoisotopic (exact) mass is 484 g/mol. The molecule has 0 spiro atoms. The molecule has 0 atom stereocenters. The van der Waals surface area contributed by atoms with Gasteiger partial charge in [-0.05, 0) is 47.1 Å². The number of fused-ring (bicyclic) bond motifs is 1. The first kappa shape index (κ1) is 20.7. The van der Waals surface area contributed by atoms with Crippen molar-refractivity contribution in [3.8, 4) is 11.3 Å². The standard InChI is InChI=1S/C21H18BrFN6O2/c1-3-31-21(30)17-18(12-7-13(22)10-24-9-12)26-20-16(11-25-29(20)2)19(17)28-27-15-6-4-5-14(23)8-15/h4-11,27H,3H2,1-2H3,(H,26,28). The highest BCUT2D eigenvalue weighted by Crippen LogP contribution is 2.35. The zero-order valence-electron chi connectivity index (χ0n) is 16.7. The molecular formula is C21H18BrFN6O2. The van der Waals surface area contributed by atoms with Crippen LogP contribution < -0.4 is 10.9 Å². The molecule has 2 N–H and O–H groups in total. The fraction of sp³-hybridized carbons (Fsp3) is 0.143. The van der Waals surface area contributed by atoms with Crippen LogP contribution in [-0.4, -0.2) is 32.3 Å². The summed E-state index contributed by atoms with van der Waals surface area (Å²) < 4.78 is 21.3. The second-order valence-electron chi connectivity index (χ2n) is 6.59. The van der Waals surface area contributed by atoms with E-state index >= 15 is 0 Å². The predicted molar refractivity (Wildman–Crippen MR) is 119 cm³/mol. The summed E-state index contributed by atoms with van der Waals surface area (Å²) in [6.07, 6.45) is 4.85. The highest BCUT2D eigenvalue weighted by molar-refractivity contribution is 9.10. The van der Waals surface area contributed by atoms with Crippen LogP contribution in [-0.2, 0) is 11.8 Å². The van der Waals surface area contributed by atoms with Crippen molar-refractivity contribution >= 4 is 44.3 Å². The summed E-state index contributed by atoms with van der Waals surface area (Å²) in [7, 11) is 1.76. The maximum atomic E-state index is 13.6. The Balaban J connectivity index is 1.92. The van der Waals surface area contributed by atoms with Gasteiger partial charge in [0.05, 0.1) is 35.3 Å². The first-order chi connectivity index (χ1) is 15.0. The van der Waals surface area contributed by atoms with Crippen LogP contribution in [0.15, 0.2) is 53.4 Å². The summed E-state index contributed by atoms with van der Waals surface area (Å²) in [6.45, 7) is 1.92. The van der Waals surface area contributed by atoms with Crippen molar-refractivity contribution in [2.75, 3.05) is 17.5 Å². The molecule has 4 rings (SSSR count). The van der Waals surface area contributed by atoms with Crippen LogP contribution >= 0.6 is 15.9 Å². The van der Waals surface area contributed by atoms with Gasteiger partial charge in [-0.3, -0.25) is 15.1 Å². The number of ether oxygens (including phenoxy) is 1. The first-order valence-electron chi connectivity index (χ1n) is 9.39. The molecule has 0 unspecified atom stereocenters. The average molecular weight is 485 g/mol. The molecule has 3 heterocycles. The van der Waals surface area contributed by atoms with E-state index in [4.69, 9.17) is 9.72 Å². The van der Waals surface area contributed by atoms with Gasteiger partial charge in [-0.15, -0.1) is 0 Å². The maximum absolute atomic E-state index is 13.6. The van der Waals surface area contributed by atoms with E-state index in [1.165, 1.54) is 12.1 Å². The molecule has 1 aromatic carbocycles. The average Bonchev–Trinajstić information content (AvgIpc) is 3.12. The number of anilines is 2. The lowest BCUT2D eigenvalue weighted by atomic mass is 10.0. The van der Waals surface area contributed by atoms with Crippen LogP contribution in [0.2, 0.25) is 0 Å². The smallest absolute Gasteiger partial charge is 0.342 e. The minimum atomic E-state index is -0.556. The number of nitrogens with one attached hydrogen (secondary N) is 2. The second kappa shape index (κ2) is 8.68. The highest BCUT2D eigenvalue weighted by atomic mass is 79.9. The fourth-order valence-electron chi connectivity index (χ4n) is 3.14. The van der Waals surface area contributed by atoms with Crippen LogP contribution in [0.1, 0.15) is 17.3 Å².